The van der Waals surface area contributed by atoms with Crippen molar-refractivity contribution in [3.05, 3.63) is 72.3 Å². The van der Waals surface area contributed by atoms with Crippen LogP contribution in [0.5, 0.6) is 6.01 Å². The molecule has 0 aliphatic heterocycles. The van der Waals surface area contributed by atoms with E-state index < -0.39 is 18.9 Å². The first-order valence-corrected chi connectivity index (χ1v) is 10.1. The average molecular weight is 419 g/mol. The molecular formula is C24H25N3O4. The summed E-state index contributed by atoms with van der Waals surface area (Å²) in [6.45, 7) is 6.90. The van der Waals surface area contributed by atoms with Crippen LogP contribution < -0.4 is 4.74 Å². The van der Waals surface area contributed by atoms with Gasteiger partial charge in [0.05, 0.1) is 0 Å². The van der Waals surface area contributed by atoms with Gasteiger partial charge in [-0.25, -0.2) is 9.78 Å². The van der Waals surface area contributed by atoms with Crippen LogP contribution in [0.2, 0.25) is 0 Å². The molecule has 0 radical (unpaired) electrons. The first-order chi connectivity index (χ1) is 15.1. The van der Waals surface area contributed by atoms with Crippen LogP contribution in [-0.4, -0.2) is 38.9 Å². The summed E-state index contributed by atoms with van der Waals surface area (Å²) in [7, 11) is 0. The monoisotopic (exact) mass is 419 g/mol. The molecule has 31 heavy (non-hydrogen) atoms. The molecule has 3 aromatic rings. The van der Waals surface area contributed by atoms with Crippen molar-refractivity contribution in [1.82, 2.24) is 15.0 Å². The van der Waals surface area contributed by atoms with E-state index in [-0.39, 0.29) is 6.01 Å². The molecule has 0 bridgehead atoms. The number of ether oxygens (including phenoxy) is 2. The standard InChI is InChI=1S/C24H25N3O4/c1-4-16-11-7-9-13-18(16)22-25-23(19-14-10-8-12-17(19)5-2)27-24(26-22)31-21(15-28)30-20(29)6-3/h6-14,21,28H,3-5,15H2,1-2H3. The minimum Gasteiger partial charge on any atom is -0.420 e. The van der Waals surface area contributed by atoms with Gasteiger partial charge in [0.25, 0.3) is 6.29 Å². The Morgan fingerprint density at radius 1 is 0.968 bits per heavy atom. The maximum Gasteiger partial charge on any atom is 0.333 e. The Balaban J connectivity index is 2.12. The third-order valence-electron chi connectivity index (χ3n) is 4.69. The van der Waals surface area contributed by atoms with Crippen molar-refractivity contribution in [2.45, 2.75) is 33.0 Å². The minimum absolute atomic E-state index is 0.0484. The molecule has 1 unspecified atom stereocenters. The van der Waals surface area contributed by atoms with Crippen LogP contribution in [0.3, 0.4) is 0 Å². The SMILES string of the molecule is C=CC(=O)OC(CO)Oc1nc(-c2ccccc2CC)nc(-c2ccccc2CC)n1. The summed E-state index contributed by atoms with van der Waals surface area (Å²) < 4.78 is 10.6. The Kier molecular flexibility index (Phi) is 7.45. The Morgan fingerprint density at radius 3 is 1.94 bits per heavy atom. The Labute approximate surface area is 181 Å². The van der Waals surface area contributed by atoms with Gasteiger partial charge in [0.1, 0.15) is 6.61 Å². The maximum absolute atomic E-state index is 11.5. The molecular weight excluding hydrogens is 394 g/mol. The van der Waals surface area contributed by atoms with Crippen LogP contribution >= 0.6 is 0 Å². The molecule has 0 saturated heterocycles. The molecule has 0 spiro atoms. The van der Waals surface area contributed by atoms with Gasteiger partial charge in [-0.1, -0.05) is 69.0 Å². The molecule has 0 aliphatic carbocycles. The van der Waals surface area contributed by atoms with Crippen LogP contribution in [-0.2, 0) is 22.4 Å². The lowest BCUT2D eigenvalue weighted by molar-refractivity contribution is -0.163. The van der Waals surface area contributed by atoms with E-state index in [0.717, 1.165) is 41.2 Å². The van der Waals surface area contributed by atoms with Crippen molar-refractivity contribution in [2.24, 2.45) is 0 Å². The Hall–Kier alpha value is -3.58. The maximum atomic E-state index is 11.5. The largest absolute Gasteiger partial charge is 0.420 e. The van der Waals surface area contributed by atoms with Gasteiger partial charge < -0.3 is 14.6 Å². The van der Waals surface area contributed by atoms with Crippen LogP contribution in [0.25, 0.3) is 22.8 Å². The molecule has 0 amide bonds. The average Bonchev–Trinajstić information content (AvgIpc) is 2.83. The summed E-state index contributed by atoms with van der Waals surface area (Å²) in [6.07, 6.45) is 1.33. The highest BCUT2D eigenvalue weighted by atomic mass is 16.7. The molecule has 2 aromatic carbocycles. The van der Waals surface area contributed by atoms with Gasteiger partial charge in [0.15, 0.2) is 11.6 Å². The molecule has 0 saturated carbocycles. The van der Waals surface area contributed by atoms with Crippen molar-refractivity contribution >= 4 is 5.97 Å². The molecule has 0 aliphatic rings. The van der Waals surface area contributed by atoms with Gasteiger partial charge in [-0.15, -0.1) is 0 Å². The van der Waals surface area contributed by atoms with E-state index in [1.807, 2.05) is 48.5 Å². The fraction of sp³-hybridized carbons (Fsp3) is 0.250. The third kappa shape index (κ3) is 5.32. The second-order valence-corrected chi connectivity index (χ2v) is 6.66. The number of esters is 1. The van der Waals surface area contributed by atoms with E-state index >= 15 is 0 Å². The molecule has 1 N–H and O–H groups in total. The zero-order chi connectivity index (χ0) is 22.2. The highest BCUT2D eigenvalue weighted by molar-refractivity contribution is 5.81. The van der Waals surface area contributed by atoms with Crippen LogP contribution in [0.15, 0.2) is 61.2 Å². The minimum atomic E-state index is -1.27. The van der Waals surface area contributed by atoms with Crippen molar-refractivity contribution in [2.75, 3.05) is 6.61 Å². The summed E-state index contributed by atoms with van der Waals surface area (Å²) in [5.41, 5.74) is 3.87. The van der Waals surface area contributed by atoms with Gasteiger partial charge in [0, 0.05) is 17.2 Å². The number of carbonyl (C=O) groups is 1. The number of rotatable bonds is 9. The summed E-state index contributed by atoms with van der Waals surface area (Å²) >= 11 is 0. The van der Waals surface area contributed by atoms with Crippen molar-refractivity contribution in [3.8, 4) is 28.8 Å². The molecule has 3 rings (SSSR count). The fourth-order valence-corrected chi connectivity index (χ4v) is 3.14. The number of benzene rings is 2. The Bertz CT molecular complexity index is 1000. The predicted octanol–water partition coefficient (Wildman–Crippen LogP) is 3.76. The molecule has 1 aromatic heterocycles. The van der Waals surface area contributed by atoms with E-state index in [1.165, 1.54) is 0 Å². The van der Waals surface area contributed by atoms with E-state index in [4.69, 9.17) is 14.5 Å². The van der Waals surface area contributed by atoms with Gasteiger partial charge in [0.2, 0.25) is 0 Å². The van der Waals surface area contributed by atoms with E-state index in [0.29, 0.717) is 11.6 Å². The summed E-state index contributed by atoms with van der Waals surface area (Å²) in [4.78, 5) is 25.1. The molecule has 0 fully saturated rings. The third-order valence-corrected chi connectivity index (χ3v) is 4.69. The lowest BCUT2D eigenvalue weighted by Gasteiger charge is -2.17. The first kappa shape index (κ1) is 22.1. The lowest BCUT2D eigenvalue weighted by atomic mass is 10.0. The number of aryl methyl sites for hydroxylation is 2. The number of hydrogen-bond donors (Lipinski definition) is 1. The van der Waals surface area contributed by atoms with Crippen LogP contribution in [0, 0.1) is 0 Å². The molecule has 7 heteroatoms. The quantitative estimate of drug-likeness (QED) is 0.321. The smallest absolute Gasteiger partial charge is 0.333 e. The first-order valence-electron chi connectivity index (χ1n) is 10.1. The number of aliphatic hydroxyl groups excluding tert-OH is 1. The van der Waals surface area contributed by atoms with Gasteiger partial charge in [-0.3, -0.25) is 0 Å². The van der Waals surface area contributed by atoms with E-state index in [2.05, 4.69) is 30.4 Å². The second kappa shape index (κ2) is 10.4. The van der Waals surface area contributed by atoms with Gasteiger partial charge in [-0.2, -0.15) is 9.97 Å². The van der Waals surface area contributed by atoms with Crippen LogP contribution in [0.1, 0.15) is 25.0 Å². The number of aliphatic hydroxyl groups is 1. The van der Waals surface area contributed by atoms with Crippen molar-refractivity contribution in [3.63, 3.8) is 0 Å². The van der Waals surface area contributed by atoms with Gasteiger partial charge >= 0.3 is 12.0 Å². The predicted molar refractivity (Wildman–Crippen MR) is 117 cm³/mol. The van der Waals surface area contributed by atoms with E-state index in [9.17, 15) is 9.90 Å². The van der Waals surface area contributed by atoms with Crippen LogP contribution in [0.4, 0.5) is 0 Å². The summed E-state index contributed by atoms with van der Waals surface area (Å²) in [5, 5.41) is 9.56. The number of hydrogen-bond acceptors (Lipinski definition) is 7. The highest BCUT2D eigenvalue weighted by Crippen LogP contribution is 2.27. The van der Waals surface area contributed by atoms with E-state index in [1.54, 1.807) is 0 Å². The topological polar surface area (TPSA) is 94.4 Å². The number of carbonyl (C=O) groups excluding carboxylic acids is 1. The number of aromatic nitrogens is 3. The zero-order valence-corrected chi connectivity index (χ0v) is 17.6. The van der Waals surface area contributed by atoms with Crippen molar-refractivity contribution in [1.29, 1.82) is 0 Å². The zero-order valence-electron chi connectivity index (χ0n) is 17.6. The Morgan fingerprint density at radius 2 is 1.48 bits per heavy atom. The summed E-state index contributed by atoms with van der Waals surface area (Å²) in [5.74, 6) is 0.159. The molecule has 1 atom stereocenters. The lowest BCUT2D eigenvalue weighted by Crippen LogP contribution is -2.28. The normalized spacial score (nSPS) is 11.6. The fourth-order valence-electron chi connectivity index (χ4n) is 3.14. The highest BCUT2D eigenvalue weighted by Gasteiger charge is 2.19. The second-order valence-electron chi connectivity index (χ2n) is 6.66. The molecule has 7 nitrogen and oxygen atoms in total. The summed E-state index contributed by atoms with van der Waals surface area (Å²) in [6, 6.07) is 15.6. The molecule has 160 valence electrons. The van der Waals surface area contributed by atoms with Gasteiger partial charge in [-0.05, 0) is 24.0 Å². The molecule has 1 heterocycles. The number of nitrogens with zero attached hydrogens (tertiary/aromatic N) is 3. The van der Waals surface area contributed by atoms with Crippen molar-refractivity contribution < 1.29 is 19.4 Å².